The molecule has 6 rings (SSSR count). The normalized spacial score (nSPS) is 21.0. The maximum absolute atomic E-state index is 14.0. The SMILES string of the molecule is Cc1nc2c(=O)c3c(n(CC(=O)Nc4ccc(C(F)(F)F)cc4Cl)c2nc1C)CC1C[C@H]2[C@H]1N3CCN2C(=O)OC(C)(C)C. The average Bonchev–Trinajstić information content (AvgIpc) is 2.90. The number of benzene rings is 1. The van der Waals surface area contributed by atoms with Crippen molar-refractivity contribution in [2.75, 3.05) is 23.3 Å². The van der Waals surface area contributed by atoms with E-state index in [0.29, 0.717) is 48.7 Å². The number of aryl methyl sites for hydroxylation is 2. The molecule has 3 aromatic rings. The zero-order valence-corrected chi connectivity index (χ0v) is 25.6. The number of pyridine rings is 1. The first kappa shape index (κ1) is 30.2. The zero-order chi connectivity index (χ0) is 31.9. The van der Waals surface area contributed by atoms with Gasteiger partial charge in [0.1, 0.15) is 17.8 Å². The summed E-state index contributed by atoms with van der Waals surface area (Å²) in [5.74, 6) is -0.435. The van der Waals surface area contributed by atoms with Crippen molar-refractivity contribution in [2.24, 2.45) is 5.92 Å². The fourth-order valence-corrected chi connectivity index (χ4v) is 6.73. The number of hydrogen-bond donors (Lipinski definition) is 1. The minimum Gasteiger partial charge on any atom is -0.444 e. The number of hydrogen-bond acceptors (Lipinski definition) is 7. The van der Waals surface area contributed by atoms with Crippen molar-refractivity contribution in [2.45, 2.75) is 77.9 Å². The van der Waals surface area contributed by atoms with Crippen LogP contribution in [0.5, 0.6) is 0 Å². The highest BCUT2D eigenvalue weighted by Gasteiger charge is 2.55. The molecular weight excluding hydrogens is 601 g/mol. The summed E-state index contributed by atoms with van der Waals surface area (Å²) in [4.78, 5) is 53.4. The Morgan fingerprint density at radius 1 is 1.11 bits per heavy atom. The summed E-state index contributed by atoms with van der Waals surface area (Å²) in [5.41, 5.74) is 0.801. The highest BCUT2D eigenvalue weighted by Crippen LogP contribution is 2.47. The second-order valence-electron chi connectivity index (χ2n) is 12.6. The zero-order valence-electron chi connectivity index (χ0n) is 24.9. The molecule has 234 valence electrons. The molecule has 4 heterocycles. The van der Waals surface area contributed by atoms with Crippen LogP contribution in [0.2, 0.25) is 5.02 Å². The lowest BCUT2D eigenvalue weighted by Crippen LogP contribution is -2.72. The van der Waals surface area contributed by atoms with E-state index in [1.54, 1.807) is 23.3 Å². The summed E-state index contributed by atoms with van der Waals surface area (Å²) in [6.45, 7) is 9.47. The second kappa shape index (κ2) is 10.4. The molecule has 3 atom stereocenters. The maximum atomic E-state index is 14.0. The van der Waals surface area contributed by atoms with Gasteiger partial charge in [-0.1, -0.05) is 11.6 Å². The number of ether oxygens (including phenoxy) is 1. The van der Waals surface area contributed by atoms with Crippen molar-refractivity contribution < 1.29 is 27.5 Å². The number of anilines is 2. The number of amides is 2. The molecule has 2 fully saturated rings. The molecule has 0 radical (unpaired) electrons. The molecule has 1 aliphatic carbocycles. The van der Waals surface area contributed by atoms with Crippen LogP contribution in [0, 0.1) is 19.8 Å². The summed E-state index contributed by atoms with van der Waals surface area (Å²) in [7, 11) is 0. The van der Waals surface area contributed by atoms with Gasteiger partial charge in [0.05, 0.1) is 39.7 Å². The Morgan fingerprint density at radius 3 is 2.48 bits per heavy atom. The molecule has 44 heavy (non-hydrogen) atoms. The van der Waals surface area contributed by atoms with Gasteiger partial charge in [0.2, 0.25) is 11.3 Å². The number of nitrogens with zero attached hydrogens (tertiary/aromatic N) is 5. The van der Waals surface area contributed by atoms with Crippen molar-refractivity contribution in [3.8, 4) is 0 Å². The van der Waals surface area contributed by atoms with Gasteiger partial charge >= 0.3 is 12.3 Å². The molecule has 1 saturated heterocycles. The second-order valence-corrected chi connectivity index (χ2v) is 13.0. The Hall–Kier alpha value is -3.87. The molecule has 1 unspecified atom stereocenters. The van der Waals surface area contributed by atoms with E-state index in [9.17, 15) is 27.6 Å². The van der Waals surface area contributed by atoms with Crippen LogP contribution in [-0.2, 0) is 28.7 Å². The third kappa shape index (κ3) is 5.14. The molecule has 0 spiro atoms. The Labute approximate surface area is 256 Å². The van der Waals surface area contributed by atoms with Gasteiger partial charge in [-0.3, -0.25) is 9.59 Å². The summed E-state index contributed by atoms with van der Waals surface area (Å²) >= 11 is 6.09. The molecule has 0 bridgehead atoms. The van der Waals surface area contributed by atoms with Crippen LogP contribution in [0.1, 0.15) is 49.8 Å². The molecule has 2 aliphatic heterocycles. The summed E-state index contributed by atoms with van der Waals surface area (Å²) in [6, 6.07) is 2.52. The number of alkyl halides is 3. The third-order valence-corrected chi connectivity index (χ3v) is 8.89. The van der Waals surface area contributed by atoms with Crippen molar-refractivity contribution in [3.63, 3.8) is 0 Å². The number of carbonyl (C=O) groups excluding carboxylic acids is 2. The monoisotopic (exact) mass is 632 g/mol. The molecular formula is C30H32ClF3N6O4. The Morgan fingerprint density at radius 2 is 1.82 bits per heavy atom. The molecule has 10 nitrogen and oxygen atoms in total. The van der Waals surface area contributed by atoms with Crippen LogP contribution in [0.25, 0.3) is 11.2 Å². The number of carbonyl (C=O) groups is 2. The van der Waals surface area contributed by atoms with Crippen molar-refractivity contribution in [1.29, 1.82) is 0 Å². The lowest BCUT2D eigenvalue weighted by molar-refractivity contribution is -0.137. The molecule has 14 heteroatoms. The highest BCUT2D eigenvalue weighted by atomic mass is 35.5. The predicted molar refractivity (Wildman–Crippen MR) is 158 cm³/mol. The van der Waals surface area contributed by atoms with E-state index in [1.165, 1.54) is 0 Å². The van der Waals surface area contributed by atoms with Gasteiger partial charge in [0.15, 0.2) is 11.2 Å². The van der Waals surface area contributed by atoms with Crippen molar-refractivity contribution in [3.05, 3.63) is 56.1 Å². The molecule has 1 saturated carbocycles. The van der Waals surface area contributed by atoms with Crippen LogP contribution < -0.4 is 15.6 Å². The first-order chi connectivity index (χ1) is 20.5. The summed E-state index contributed by atoms with van der Waals surface area (Å²) < 4.78 is 46.7. The fourth-order valence-electron chi connectivity index (χ4n) is 6.50. The Balaban J connectivity index is 1.37. The first-order valence-corrected chi connectivity index (χ1v) is 14.7. The number of halogens is 4. The van der Waals surface area contributed by atoms with E-state index >= 15 is 0 Å². The minimum atomic E-state index is -4.58. The summed E-state index contributed by atoms with van der Waals surface area (Å²) in [6.07, 6.45) is -3.77. The van der Waals surface area contributed by atoms with Gasteiger partial charge in [-0.2, -0.15) is 13.2 Å². The molecule has 3 aliphatic rings. The number of piperazine rings is 1. The molecule has 1 N–H and O–H groups in total. The number of nitrogens with one attached hydrogen (secondary N) is 1. The lowest BCUT2D eigenvalue weighted by Gasteiger charge is -2.60. The van der Waals surface area contributed by atoms with Crippen LogP contribution in [0.4, 0.5) is 29.3 Å². The number of aromatic nitrogens is 3. The standard InChI is InChI=1S/C30H32ClF3N6O4/c1-14-15(2)36-27-23(35-14)26(42)25-21(40(27)13-22(41)37-19-7-6-17(12-18(19)31)30(32,33)34)11-16-10-20-24(16)39(25)9-8-38(20)28(43)44-29(3,4)5/h6-7,12,16,20,24H,8-11,13H2,1-5H3,(H,37,41)/t16?,20-,24-/m0/s1. The topological polar surface area (TPSA) is 110 Å². The molecule has 2 amide bonds. The van der Waals surface area contributed by atoms with Gasteiger partial charge in [0, 0.05) is 18.8 Å². The Bertz CT molecular complexity index is 1770. The van der Waals surface area contributed by atoms with Gasteiger partial charge in [-0.25, -0.2) is 14.8 Å². The molecule has 2 aromatic heterocycles. The third-order valence-electron chi connectivity index (χ3n) is 8.58. The minimum absolute atomic E-state index is 0.0298. The lowest BCUT2D eigenvalue weighted by atomic mass is 9.67. The van der Waals surface area contributed by atoms with E-state index < -0.39 is 23.2 Å². The van der Waals surface area contributed by atoms with Gasteiger partial charge in [-0.15, -0.1) is 0 Å². The average molecular weight is 633 g/mol. The van der Waals surface area contributed by atoms with Gasteiger partial charge in [-0.05, 0) is 71.6 Å². The van der Waals surface area contributed by atoms with E-state index in [2.05, 4.69) is 15.3 Å². The summed E-state index contributed by atoms with van der Waals surface area (Å²) in [5, 5.41) is 2.35. The maximum Gasteiger partial charge on any atom is 0.416 e. The fraction of sp³-hybridized carbons (Fsp3) is 0.500. The van der Waals surface area contributed by atoms with Gasteiger partial charge < -0.3 is 24.4 Å². The number of fused-ring (bicyclic) bond motifs is 3. The van der Waals surface area contributed by atoms with E-state index in [-0.39, 0.29) is 57.9 Å². The molecule has 1 aromatic carbocycles. The van der Waals surface area contributed by atoms with Crippen molar-refractivity contribution >= 4 is 46.1 Å². The van der Waals surface area contributed by atoms with Crippen LogP contribution in [0.15, 0.2) is 23.0 Å². The van der Waals surface area contributed by atoms with Crippen molar-refractivity contribution in [1.82, 2.24) is 19.4 Å². The smallest absolute Gasteiger partial charge is 0.416 e. The number of rotatable bonds is 3. The largest absolute Gasteiger partial charge is 0.444 e. The quantitative estimate of drug-likeness (QED) is 0.428. The van der Waals surface area contributed by atoms with E-state index in [4.69, 9.17) is 16.3 Å². The van der Waals surface area contributed by atoms with Gasteiger partial charge in [0.25, 0.3) is 0 Å². The Kier molecular flexibility index (Phi) is 7.10. The predicted octanol–water partition coefficient (Wildman–Crippen LogP) is 5.09. The van der Waals surface area contributed by atoms with Crippen LogP contribution in [-0.4, -0.2) is 62.2 Å². The van der Waals surface area contributed by atoms with Crippen LogP contribution >= 0.6 is 11.6 Å². The highest BCUT2D eigenvalue weighted by molar-refractivity contribution is 6.33. The van der Waals surface area contributed by atoms with E-state index in [0.717, 1.165) is 18.2 Å². The van der Waals surface area contributed by atoms with Crippen LogP contribution in [0.3, 0.4) is 0 Å². The first-order valence-electron chi connectivity index (χ1n) is 14.4. The van der Waals surface area contributed by atoms with E-state index in [1.807, 2.05) is 25.7 Å².